The van der Waals surface area contributed by atoms with Crippen molar-refractivity contribution in [3.63, 3.8) is 0 Å². The summed E-state index contributed by atoms with van der Waals surface area (Å²) in [4.78, 5) is 20.6. The topological polar surface area (TPSA) is 70.2 Å². The van der Waals surface area contributed by atoms with Crippen LogP contribution in [0.4, 0.5) is 5.95 Å². The highest BCUT2D eigenvalue weighted by atomic mass is 16.5. The number of aromatic amines is 1. The highest BCUT2D eigenvalue weighted by molar-refractivity contribution is 5.30. The van der Waals surface area contributed by atoms with E-state index in [4.69, 9.17) is 4.74 Å². The first-order chi connectivity index (χ1) is 7.79. The molecule has 1 aliphatic heterocycles. The van der Waals surface area contributed by atoms with Crippen LogP contribution in [-0.2, 0) is 11.3 Å². The van der Waals surface area contributed by atoms with Gasteiger partial charge in [-0.25, -0.2) is 4.98 Å². The fraction of sp³-hybridized carbons (Fsp3) is 0.600. The molecule has 0 spiro atoms. The van der Waals surface area contributed by atoms with E-state index in [0.717, 1.165) is 26.2 Å². The maximum absolute atomic E-state index is 11.4. The van der Waals surface area contributed by atoms with Crippen molar-refractivity contribution in [2.24, 2.45) is 0 Å². The van der Waals surface area contributed by atoms with Crippen LogP contribution in [0.1, 0.15) is 5.69 Å². The number of hydrogen-bond donors (Lipinski definition) is 2. The zero-order valence-electron chi connectivity index (χ0n) is 9.32. The Morgan fingerprint density at radius 3 is 2.94 bits per heavy atom. The molecule has 1 saturated heterocycles. The van der Waals surface area contributed by atoms with Gasteiger partial charge < -0.3 is 15.0 Å². The van der Waals surface area contributed by atoms with Gasteiger partial charge in [-0.2, -0.15) is 0 Å². The molecule has 1 aromatic heterocycles. The number of anilines is 1. The molecule has 0 amide bonds. The molecule has 1 aliphatic rings. The summed E-state index contributed by atoms with van der Waals surface area (Å²) < 4.78 is 4.98. The first kappa shape index (κ1) is 11.1. The second-order valence-corrected chi connectivity index (χ2v) is 3.73. The largest absolute Gasteiger partial charge is 0.378 e. The second-order valence-electron chi connectivity index (χ2n) is 3.73. The molecule has 2 N–H and O–H groups in total. The normalized spacial score (nSPS) is 16.4. The summed E-state index contributed by atoms with van der Waals surface area (Å²) in [5, 5.41) is 3.25. The highest BCUT2D eigenvalue weighted by Gasteiger charge is 2.13. The molecule has 0 radical (unpaired) electrons. The number of piperazine rings is 1. The van der Waals surface area contributed by atoms with Crippen LogP contribution in [0.25, 0.3) is 0 Å². The third kappa shape index (κ3) is 2.59. The molecule has 0 bridgehead atoms. The van der Waals surface area contributed by atoms with Crippen LogP contribution in [0.15, 0.2) is 10.9 Å². The average Bonchev–Trinajstić information content (AvgIpc) is 2.30. The Morgan fingerprint density at radius 2 is 2.25 bits per heavy atom. The molecule has 0 saturated carbocycles. The number of ether oxygens (including phenoxy) is 1. The Kier molecular flexibility index (Phi) is 3.53. The predicted molar refractivity (Wildman–Crippen MR) is 60.7 cm³/mol. The fourth-order valence-corrected chi connectivity index (χ4v) is 1.74. The van der Waals surface area contributed by atoms with Gasteiger partial charge in [-0.1, -0.05) is 0 Å². The van der Waals surface area contributed by atoms with Crippen LogP contribution < -0.4 is 15.8 Å². The Labute approximate surface area is 93.6 Å². The molecule has 0 unspecified atom stereocenters. The molecule has 1 aromatic rings. The van der Waals surface area contributed by atoms with Crippen molar-refractivity contribution >= 4 is 5.95 Å². The van der Waals surface area contributed by atoms with Crippen LogP contribution in [0.3, 0.4) is 0 Å². The third-order valence-corrected chi connectivity index (χ3v) is 2.49. The van der Waals surface area contributed by atoms with E-state index in [1.54, 1.807) is 7.11 Å². The molecular formula is C10H16N4O2. The predicted octanol–water partition coefficient (Wildman–Crippen LogP) is -0.674. The quantitative estimate of drug-likeness (QED) is 0.712. The molecule has 6 nitrogen and oxygen atoms in total. The Hall–Kier alpha value is -1.40. The van der Waals surface area contributed by atoms with Gasteiger partial charge in [0, 0.05) is 39.4 Å². The summed E-state index contributed by atoms with van der Waals surface area (Å²) in [7, 11) is 1.59. The zero-order chi connectivity index (χ0) is 11.4. The SMILES string of the molecule is COCc1cc(=O)[nH]c(N2CCNCC2)n1. The maximum atomic E-state index is 11.4. The molecule has 0 atom stereocenters. The van der Waals surface area contributed by atoms with Crippen LogP contribution in [0.2, 0.25) is 0 Å². The summed E-state index contributed by atoms with van der Waals surface area (Å²) in [6.07, 6.45) is 0. The lowest BCUT2D eigenvalue weighted by atomic mass is 10.4. The number of methoxy groups -OCH3 is 1. The van der Waals surface area contributed by atoms with E-state index >= 15 is 0 Å². The monoisotopic (exact) mass is 224 g/mol. The van der Waals surface area contributed by atoms with E-state index < -0.39 is 0 Å². The Morgan fingerprint density at radius 1 is 1.50 bits per heavy atom. The van der Waals surface area contributed by atoms with Gasteiger partial charge in [0.15, 0.2) is 0 Å². The van der Waals surface area contributed by atoms with E-state index in [1.165, 1.54) is 6.07 Å². The fourth-order valence-electron chi connectivity index (χ4n) is 1.74. The molecular weight excluding hydrogens is 208 g/mol. The van der Waals surface area contributed by atoms with Crippen molar-refractivity contribution in [2.75, 3.05) is 38.2 Å². The summed E-state index contributed by atoms with van der Waals surface area (Å²) >= 11 is 0. The number of H-pyrrole nitrogens is 1. The summed E-state index contributed by atoms with van der Waals surface area (Å²) in [6, 6.07) is 1.47. The average molecular weight is 224 g/mol. The molecule has 16 heavy (non-hydrogen) atoms. The van der Waals surface area contributed by atoms with Crippen molar-refractivity contribution in [1.82, 2.24) is 15.3 Å². The molecule has 88 valence electrons. The molecule has 1 fully saturated rings. The molecule has 6 heteroatoms. The Bertz CT molecular complexity index is 398. The first-order valence-corrected chi connectivity index (χ1v) is 5.34. The van der Waals surface area contributed by atoms with Gasteiger partial charge in [0.2, 0.25) is 5.95 Å². The van der Waals surface area contributed by atoms with Gasteiger partial charge in [-0.15, -0.1) is 0 Å². The van der Waals surface area contributed by atoms with Crippen LogP contribution in [0, 0.1) is 0 Å². The Balaban J connectivity index is 2.21. The van der Waals surface area contributed by atoms with E-state index in [1.807, 2.05) is 0 Å². The van der Waals surface area contributed by atoms with Gasteiger partial charge in [0.25, 0.3) is 5.56 Å². The zero-order valence-corrected chi connectivity index (χ0v) is 9.32. The molecule has 0 aliphatic carbocycles. The van der Waals surface area contributed by atoms with Gasteiger partial charge in [0.1, 0.15) is 0 Å². The summed E-state index contributed by atoms with van der Waals surface area (Å²) in [6.45, 7) is 3.91. The molecule has 0 aromatic carbocycles. The van der Waals surface area contributed by atoms with Crippen molar-refractivity contribution in [1.29, 1.82) is 0 Å². The minimum atomic E-state index is -0.129. The lowest BCUT2D eigenvalue weighted by Gasteiger charge is -2.27. The van der Waals surface area contributed by atoms with Crippen molar-refractivity contribution < 1.29 is 4.74 Å². The smallest absolute Gasteiger partial charge is 0.252 e. The standard InChI is InChI=1S/C10H16N4O2/c1-16-7-8-6-9(15)13-10(12-8)14-4-2-11-3-5-14/h6,11H,2-5,7H2,1H3,(H,12,13,15). The van der Waals surface area contributed by atoms with Gasteiger partial charge >= 0.3 is 0 Å². The minimum Gasteiger partial charge on any atom is -0.378 e. The van der Waals surface area contributed by atoms with Gasteiger partial charge in [-0.05, 0) is 0 Å². The van der Waals surface area contributed by atoms with Gasteiger partial charge in [-0.3, -0.25) is 9.78 Å². The minimum absolute atomic E-state index is 0.129. The number of hydrogen-bond acceptors (Lipinski definition) is 5. The number of rotatable bonds is 3. The first-order valence-electron chi connectivity index (χ1n) is 5.34. The third-order valence-electron chi connectivity index (χ3n) is 2.49. The van der Waals surface area contributed by atoms with Crippen LogP contribution in [-0.4, -0.2) is 43.3 Å². The van der Waals surface area contributed by atoms with Crippen LogP contribution >= 0.6 is 0 Å². The highest BCUT2D eigenvalue weighted by Crippen LogP contribution is 2.06. The second kappa shape index (κ2) is 5.09. The van der Waals surface area contributed by atoms with Crippen molar-refractivity contribution in [3.8, 4) is 0 Å². The molecule has 2 rings (SSSR count). The van der Waals surface area contributed by atoms with E-state index in [9.17, 15) is 4.79 Å². The van der Waals surface area contributed by atoms with E-state index in [2.05, 4.69) is 20.2 Å². The van der Waals surface area contributed by atoms with E-state index in [0.29, 0.717) is 18.2 Å². The molecule has 2 heterocycles. The maximum Gasteiger partial charge on any atom is 0.252 e. The number of nitrogens with zero attached hydrogens (tertiary/aromatic N) is 2. The number of aromatic nitrogens is 2. The summed E-state index contributed by atoms with van der Waals surface area (Å²) in [5.74, 6) is 0.640. The van der Waals surface area contributed by atoms with Crippen LogP contribution in [0.5, 0.6) is 0 Å². The summed E-state index contributed by atoms with van der Waals surface area (Å²) in [5.41, 5.74) is 0.537. The van der Waals surface area contributed by atoms with Crippen molar-refractivity contribution in [3.05, 3.63) is 22.1 Å². The van der Waals surface area contributed by atoms with Gasteiger partial charge in [0.05, 0.1) is 12.3 Å². The number of nitrogens with one attached hydrogen (secondary N) is 2. The van der Waals surface area contributed by atoms with E-state index in [-0.39, 0.29) is 5.56 Å². The lowest BCUT2D eigenvalue weighted by Crippen LogP contribution is -2.44. The van der Waals surface area contributed by atoms with Crippen molar-refractivity contribution in [2.45, 2.75) is 6.61 Å². The lowest BCUT2D eigenvalue weighted by molar-refractivity contribution is 0.181.